The van der Waals surface area contributed by atoms with Crippen molar-refractivity contribution in [2.75, 3.05) is 0 Å². The molecule has 0 saturated heterocycles. The van der Waals surface area contributed by atoms with E-state index in [2.05, 4.69) is 0 Å². The summed E-state index contributed by atoms with van der Waals surface area (Å²) in [6.45, 7) is 0. The van der Waals surface area contributed by atoms with Crippen molar-refractivity contribution in [3.63, 3.8) is 0 Å². The first-order chi connectivity index (χ1) is 10.8. The predicted octanol–water partition coefficient (Wildman–Crippen LogP) is 4.94. The van der Waals surface area contributed by atoms with Gasteiger partial charge in [-0.25, -0.2) is 4.79 Å². The third-order valence-electron chi connectivity index (χ3n) is 3.85. The van der Waals surface area contributed by atoms with Crippen molar-refractivity contribution in [1.82, 2.24) is 0 Å². The van der Waals surface area contributed by atoms with Crippen LogP contribution in [0.3, 0.4) is 0 Å². The lowest BCUT2D eigenvalue weighted by Crippen LogP contribution is -2.13. The van der Waals surface area contributed by atoms with Gasteiger partial charge in [-0.2, -0.15) is 4.89 Å². The maximum atomic E-state index is 12.1. The van der Waals surface area contributed by atoms with E-state index in [0.29, 0.717) is 5.56 Å². The van der Waals surface area contributed by atoms with Crippen LogP contribution >= 0.6 is 0 Å². The van der Waals surface area contributed by atoms with Crippen LogP contribution in [0.15, 0.2) is 54.6 Å². The Morgan fingerprint density at radius 1 is 0.818 bits per heavy atom. The lowest BCUT2D eigenvalue weighted by Gasteiger charge is -2.18. The zero-order valence-electron chi connectivity index (χ0n) is 12.5. The van der Waals surface area contributed by atoms with E-state index < -0.39 is 5.97 Å². The second kappa shape index (κ2) is 7.23. The third kappa shape index (κ3) is 3.74. The van der Waals surface area contributed by atoms with Gasteiger partial charge >= 0.3 is 5.97 Å². The van der Waals surface area contributed by atoms with Crippen LogP contribution in [-0.4, -0.2) is 5.97 Å². The molecular weight excluding hydrogens is 276 g/mol. The topological polar surface area (TPSA) is 35.5 Å². The van der Waals surface area contributed by atoms with Gasteiger partial charge in [-0.3, -0.25) is 4.89 Å². The van der Waals surface area contributed by atoms with Crippen LogP contribution in [0.5, 0.6) is 0 Å². The molecule has 1 radical (unpaired) electrons. The van der Waals surface area contributed by atoms with E-state index in [-0.39, 0.29) is 0 Å². The first-order valence-corrected chi connectivity index (χ1v) is 7.72. The number of carbonyl (C=O) groups excluding carboxylic acids is 1. The molecule has 1 saturated carbocycles. The van der Waals surface area contributed by atoms with Gasteiger partial charge in [0.05, 0.1) is 5.56 Å². The van der Waals surface area contributed by atoms with E-state index in [1.807, 2.05) is 48.5 Å². The van der Waals surface area contributed by atoms with Crippen molar-refractivity contribution in [3.05, 3.63) is 66.3 Å². The van der Waals surface area contributed by atoms with Gasteiger partial charge in [-0.1, -0.05) is 61.7 Å². The summed E-state index contributed by atoms with van der Waals surface area (Å²) in [6.07, 6.45) is 6.08. The summed E-state index contributed by atoms with van der Waals surface area (Å²) in [5.41, 5.74) is 2.55. The summed E-state index contributed by atoms with van der Waals surface area (Å²) < 4.78 is 0. The van der Waals surface area contributed by atoms with Gasteiger partial charge in [0.25, 0.3) is 0 Å². The second-order valence-corrected chi connectivity index (χ2v) is 5.50. The highest BCUT2D eigenvalue weighted by molar-refractivity contribution is 5.90. The summed E-state index contributed by atoms with van der Waals surface area (Å²) >= 11 is 0. The molecular formula is C19H19O3. The maximum Gasteiger partial charge on any atom is 0.373 e. The molecule has 3 nitrogen and oxygen atoms in total. The van der Waals surface area contributed by atoms with Gasteiger partial charge in [0.15, 0.2) is 0 Å². The van der Waals surface area contributed by atoms with Crippen molar-refractivity contribution < 1.29 is 14.6 Å². The Hall–Kier alpha value is -2.13. The molecule has 0 aliphatic heterocycles. The van der Waals surface area contributed by atoms with Gasteiger partial charge < -0.3 is 0 Å². The van der Waals surface area contributed by atoms with Crippen LogP contribution in [0.25, 0.3) is 11.1 Å². The molecule has 1 aliphatic carbocycles. The number of hydrogen-bond donors (Lipinski definition) is 0. The molecule has 1 fully saturated rings. The fourth-order valence-corrected chi connectivity index (χ4v) is 2.63. The zero-order valence-corrected chi connectivity index (χ0v) is 12.5. The largest absolute Gasteiger partial charge is 0.373 e. The lowest BCUT2D eigenvalue weighted by atomic mass is 9.98. The maximum absolute atomic E-state index is 12.1. The normalized spacial score (nSPS) is 15.5. The molecule has 2 aromatic carbocycles. The van der Waals surface area contributed by atoms with Crippen LogP contribution in [-0.2, 0) is 9.78 Å². The molecule has 0 atom stereocenters. The Labute approximate surface area is 130 Å². The van der Waals surface area contributed by atoms with E-state index in [1.54, 1.807) is 6.07 Å². The van der Waals surface area contributed by atoms with Crippen LogP contribution in [0.1, 0.15) is 42.5 Å². The number of hydrogen-bond acceptors (Lipinski definition) is 3. The lowest BCUT2D eigenvalue weighted by molar-refractivity contribution is -0.239. The van der Waals surface area contributed by atoms with Crippen LogP contribution in [0.4, 0.5) is 0 Å². The molecule has 0 aromatic heterocycles. The van der Waals surface area contributed by atoms with Crippen molar-refractivity contribution >= 4 is 5.97 Å². The highest BCUT2D eigenvalue weighted by Crippen LogP contribution is 2.27. The van der Waals surface area contributed by atoms with Gasteiger partial charge in [-0.05, 0) is 36.1 Å². The Bertz CT molecular complexity index is 616. The summed E-state index contributed by atoms with van der Waals surface area (Å²) in [7, 11) is 0. The Balaban J connectivity index is 1.65. The van der Waals surface area contributed by atoms with Crippen molar-refractivity contribution in [2.45, 2.75) is 32.1 Å². The highest BCUT2D eigenvalue weighted by Gasteiger charge is 2.19. The SMILES string of the molecule is O=C(OO[C]1CCCCC1)c1cccc(-c2ccccc2)c1. The minimum atomic E-state index is -0.448. The Morgan fingerprint density at radius 3 is 2.32 bits per heavy atom. The molecule has 0 amide bonds. The number of rotatable bonds is 4. The Morgan fingerprint density at radius 2 is 1.55 bits per heavy atom. The minimum absolute atomic E-state index is 0.448. The van der Waals surface area contributed by atoms with Gasteiger partial charge in [0.1, 0.15) is 6.10 Å². The van der Waals surface area contributed by atoms with Crippen LogP contribution in [0, 0.1) is 6.10 Å². The molecule has 2 aromatic rings. The standard InChI is InChI=1S/C19H19O3/c20-19(22-21-18-12-5-2-6-13-18)17-11-7-10-16(14-17)15-8-3-1-4-9-15/h1,3-4,7-11,14H,2,5-6,12-13H2. The van der Waals surface area contributed by atoms with E-state index in [4.69, 9.17) is 9.78 Å². The van der Waals surface area contributed by atoms with Crippen molar-refractivity contribution in [3.8, 4) is 11.1 Å². The minimum Gasteiger partial charge on any atom is -0.292 e. The molecule has 1 aliphatic rings. The summed E-state index contributed by atoms with van der Waals surface area (Å²) in [6, 6.07) is 17.3. The van der Waals surface area contributed by atoms with Crippen LogP contribution < -0.4 is 0 Å². The number of carbonyl (C=O) groups is 1. The monoisotopic (exact) mass is 295 g/mol. The highest BCUT2D eigenvalue weighted by atomic mass is 17.2. The van der Waals surface area contributed by atoms with Crippen molar-refractivity contribution in [1.29, 1.82) is 0 Å². The molecule has 3 heteroatoms. The molecule has 3 rings (SSSR count). The van der Waals surface area contributed by atoms with Gasteiger partial charge in [-0.15, -0.1) is 0 Å². The van der Waals surface area contributed by atoms with Gasteiger partial charge in [0.2, 0.25) is 0 Å². The number of benzene rings is 2. The molecule has 0 unspecified atom stereocenters. The average molecular weight is 295 g/mol. The Kier molecular flexibility index (Phi) is 4.86. The molecule has 0 heterocycles. The second-order valence-electron chi connectivity index (χ2n) is 5.50. The van der Waals surface area contributed by atoms with Gasteiger partial charge in [0, 0.05) is 0 Å². The van der Waals surface area contributed by atoms with E-state index in [1.165, 1.54) is 6.42 Å². The zero-order chi connectivity index (χ0) is 15.2. The first kappa shape index (κ1) is 14.8. The molecule has 0 spiro atoms. The summed E-state index contributed by atoms with van der Waals surface area (Å²) in [5, 5.41) is 0. The van der Waals surface area contributed by atoms with E-state index in [0.717, 1.165) is 42.9 Å². The summed E-state index contributed by atoms with van der Waals surface area (Å²) in [4.78, 5) is 22.3. The van der Waals surface area contributed by atoms with E-state index >= 15 is 0 Å². The fourth-order valence-electron chi connectivity index (χ4n) is 2.63. The predicted molar refractivity (Wildman–Crippen MR) is 84.7 cm³/mol. The third-order valence-corrected chi connectivity index (χ3v) is 3.85. The molecule has 0 N–H and O–H groups in total. The quantitative estimate of drug-likeness (QED) is 0.592. The van der Waals surface area contributed by atoms with E-state index in [9.17, 15) is 4.79 Å². The van der Waals surface area contributed by atoms with Crippen molar-refractivity contribution in [2.24, 2.45) is 0 Å². The fraction of sp³-hybridized carbons (Fsp3) is 0.263. The smallest absolute Gasteiger partial charge is 0.292 e. The molecule has 22 heavy (non-hydrogen) atoms. The summed E-state index contributed by atoms with van der Waals surface area (Å²) in [5.74, 6) is -0.448. The average Bonchev–Trinajstić information content (AvgIpc) is 2.61. The first-order valence-electron chi connectivity index (χ1n) is 7.72. The molecule has 0 bridgehead atoms. The molecule has 113 valence electrons. The van der Waals surface area contributed by atoms with Crippen LogP contribution in [0.2, 0.25) is 0 Å².